The van der Waals surface area contributed by atoms with E-state index in [4.69, 9.17) is 9.47 Å². The van der Waals surface area contributed by atoms with Crippen molar-refractivity contribution in [3.05, 3.63) is 23.8 Å². The third-order valence-corrected chi connectivity index (χ3v) is 2.16. The zero-order chi connectivity index (χ0) is 11.3. The van der Waals surface area contributed by atoms with Crippen LogP contribution in [0.5, 0.6) is 11.5 Å². The maximum Gasteiger partial charge on any atom is 0.311 e. The summed E-state index contributed by atoms with van der Waals surface area (Å²) in [6.45, 7) is 3.79. The van der Waals surface area contributed by atoms with E-state index in [2.05, 4.69) is 0 Å². The third kappa shape index (κ3) is 2.72. The lowest BCUT2D eigenvalue weighted by atomic mass is 10.1. The Hall–Kier alpha value is -1.51. The molecular formula is C12H16O3. The molecule has 3 nitrogen and oxygen atoms in total. The van der Waals surface area contributed by atoms with Gasteiger partial charge in [0.05, 0.1) is 7.11 Å². The molecule has 0 aliphatic heterocycles. The third-order valence-electron chi connectivity index (χ3n) is 2.16. The molecule has 0 N–H and O–H groups in total. The molecule has 1 aromatic rings. The van der Waals surface area contributed by atoms with E-state index in [9.17, 15) is 4.79 Å². The van der Waals surface area contributed by atoms with Gasteiger partial charge in [0.2, 0.25) is 0 Å². The molecule has 0 saturated carbocycles. The summed E-state index contributed by atoms with van der Waals surface area (Å²) in [7, 11) is 1.58. The molecule has 0 fully saturated rings. The van der Waals surface area contributed by atoms with Gasteiger partial charge in [0.15, 0.2) is 11.5 Å². The van der Waals surface area contributed by atoms with Crippen LogP contribution < -0.4 is 9.47 Å². The van der Waals surface area contributed by atoms with Crippen LogP contribution in [0.4, 0.5) is 0 Å². The van der Waals surface area contributed by atoms with Crippen molar-refractivity contribution in [2.24, 2.45) is 0 Å². The minimum Gasteiger partial charge on any atom is -0.493 e. The Kier molecular flexibility index (Phi) is 4.16. The Morgan fingerprint density at radius 1 is 1.33 bits per heavy atom. The van der Waals surface area contributed by atoms with E-state index in [1.54, 1.807) is 20.1 Å². The molecule has 0 atom stereocenters. The van der Waals surface area contributed by atoms with E-state index >= 15 is 0 Å². The first kappa shape index (κ1) is 11.6. The molecule has 15 heavy (non-hydrogen) atoms. The molecule has 0 heterocycles. The number of methoxy groups -OCH3 is 1. The number of hydrogen-bond donors (Lipinski definition) is 0. The lowest BCUT2D eigenvalue weighted by Gasteiger charge is -2.11. The SMILES string of the molecule is CCC(=O)Oc1cccc(CC)c1OC. The standard InChI is InChI=1S/C12H16O3/c1-4-9-7-6-8-10(12(9)14-3)15-11(13)5-2/h6-8H,4-5H2,1-3H3. The lowest BCUT2D eigenvalue weighted by molar-refractivity contribution is -0.134. The molecular weight excluding hydrogens is 192 g/mol. The average molecular weight is 208 g/mol. The van der Waals surface area contributed by atoms with Gasteiger partial charge >= 0.3 is 5.97 Å². The molecule has 0 radical (unpaired) electrons. The Bertz CT molecular complexity index is 345. The summed E-state index contributed by atoms with van der Waals surface area (Å²) in [5.41, 5.74) is 1.04. The van der Waals surface area contributed by atoms with Crippen molar-refractivity contribution in [3.8, 4) is 11.5 Å². The van der Waals surface area contributed by atoms with Crippen LogP contribution in [0, 0.1) is 0 Å². The Morgan fingerprint density at radius 2 is 2.07 bits per heavy atom. The van der Waals surface area contributed by atoms with Crippen molar-refractivity contribution >= 4 is 5.97 Å². The van der Waals surface area contributed by atoms with Crippen LogP contribution in [0.15, 0.2) is 18.2 Å². The molecule has 0 unspecified atom stereocenters. The Morgan fingerprint density at radius 3 is 2.60 bits per heavy atom. The smallest absolute Gasteiger partial charge is 0.311 e. The van der Waals surface area contributed by atoms with Gasteiger partial charge in [0.25, 0.3) is 0 Å². The second kappa shape index (κ2) is 5.39. The van der Waals surface area contributed by atoms with Gasteiger partial charge in [-0.25, -0.2) is 0 Å². The summed E-state index contributed by atoms with van der Waals surface area (Å²) >= 11 is 0. The molecule has 1 aromatic carbocycles. The fourth-order valence-corrected chi connectivity index (χ4v) is 1.35. The predicted octanol–water partition coefficient (Wildman–Crippen LogP) is 2.57. The monoisotopic (exact) mass is 208 g/mol. The van der Waals surface area contributed by atoms with Crippen LogP contribution in [0.3, 0.4) is 0 Å². The minimum atomic E-state index is -0.249. The number of esters is 1. The summed E-state index contributed by atoms with van der Waals surface area (Å²) in [5, 5.41) is 0. The number of hydrogen-bond acceptors (Lipinski definition) is 3. The zero-order valence-electron chi connectivity index (χ0n) is 9.37. The molecule has 0 aliphatic carbocycles. The van der Waals surface area contributed by atoms with E-state index in [0.29, 0.717) is 17.9 Å². The summed E-state index contributed by atoms with van der Waals surface area (Å²) in [6, 6.07) is 5.56. The molecule has 1 rings (SSSR count). The van der Waals surface area contributed by atoms with Crippen molar-refractivity contribution in [2.75, 3.05) is 7.11 Å². The van der Waals surface area contributed by atoms with Gasteiger partial charge in [-0.2, -0.15) is 0 Å². The Labute approximate surface area is 90.0 Å². The van der Waals surface area contributed by atoms with Crippen LogP contribution in [0.25, 0.3) is 0 Å². The van der Waals surface area contributed by atoms with Gasteiger partial charge in [0.1, 0.15) is 0 Å². The van der Waals surface area contributed by atoms with Crippen LogP contribution in [-0.2, 0) is 11.2 Å². The molecule has 0 aromatic heterocycles. The first-order chi connectivity index (χ1) is 7.22. The fraction of sp³-hybridized carbons (Fsp3) is 0.417. The molecule has 0 bridgehead atoms. The number of aryl methyl sites for hydroxylation is 1. The number of carbonyl (C=O) groups is 1. The zero-order valence-corrected chi connectivity index (χ0v) is 9.37. The topological polar surface area (TPSA) is 35.5 Å². The van der Waals surface area contributed by atoms with Gasteiger partial charge in [0, 0.05) is 6.42 Å². The normalized spacial score (nSPS) is 9.80. The van der Waals surface area contributed by atoms with Gasteiger partial charge in [-0.1, -0.05) is 26.0 Å². The quantitative estimate of drug-likeness (QED) is 0.563. The summed E-state index contributed by atoms with van der Waals surface area (Å²) in [4.78, 5) is 11.2. The number of rotatable bonds is 4. The van der Waals surface area contributed by atoms with Crippen molar-refractivity contribution < 1.29 is 14.3 Å². The molecule has 0 spiro atoms. The van der Waals surface area contributed by atoms with Crippen molar-refractivity contribution in [1.82, 2.24) is 0 Å². The maximum atomic E-state index is 11.2. The number of para-hydroxylation sites is 1. The molecule has 82 valence electrons. The van der Waals surface area contributed by atoms with Crippen LogP contribution >= 0.6 is 0 Å². The summed E-state index contributed by atoms with van der Waals surface area (Å²) in [6.07, 6.45) is 1.21. The van der Waals surface area contributed by atoms with Crippen molar-refractivity contribution in [2.45, 2.75) is 26.7 Å². The highest BCUT2D eigenvalue weighted by molar-refractivity contribution is 5.73. The van der Waals surface area contributed by atoms with E-state index in [0.717, 1.165) is 12.0 Å². The van der Waals surface area contributed by atoms with Gasteiger partial charge < -0.3 is 9.47 Å². The van der Waals surface area contributed by atoms with Crippen LogP contribution in [0.1, 0.15) is 25.8 Å². The Balaban J connectivity index is 3.00. The minimum absolute atomic E-state index is 0.249. The van der Waals surface area contributed by atoms with E-state index in [1.807, 2.05) is 19.1 Å². The second-order valence-corrected chi connectivity index (χ2v) is 3.13. The van der Waals surface area contributed by atoms with Crippen molar-refractivity contribution in [1.29, 1.82) is 0 Å². The number of carbonyl (C=O) groups excluding carboxylic acids is 1. The summed E-state index contributed by atoms with van der Waals surface area (Å²) < 4.78 is 10.4. The lowest BCUT2D eigenvalue weighted by Crippen LogP contribution is -2.07. The number of benzene rings is 1. The first-order valence-electron chi connectivity index (χ1n) is 5.09. The fourth-order valence-electron chi connectivity index (χ4n) is 1.35. The van der Waals surface area contributed by atoms with E-state index in [-0.39, 0.29) is 5.97 Å². The van der Waals surface area contributed by atoms with Crippen molar-refractivity contribution in [3.63, 3.8) is 0 Å². The average Bonchev–Trinajstić information content (AvgIpc) is 2.28. The van der Waals surface area contributed by atoms with Gasteiger partial charge in [-0.15, -0.1) is 0 Å². The highest BCUT2D eigenvalue weighted by Crippen LogP contribution is 2.31. The highest BCUT2D eigenvalue weighted by atomic mass is 16.6. The van der Waals surface area contributed by atoms with E-state index < -0.39 is 0 Å². The second-order valence-electron chi connectivity index (χ2n) is 3.13. The van der Waals surface area contributed by atoms with Crippen LogP contribution in [-0.4, -0.2) is 13.1 Å². The molecule has 0 amide bonds. The summed E-state index contributed by atoms with van der Waals surface area (Å²) in [5.74, 6) is 0.909. The largest absolute Gasteiger partial charge is 0.493 e. The van der Waals surface area contributed by atoms with E-state index in [1.165, 1.54) is 0 Å². The van der Waals surface area contributed by atoms with Gasteiger partial charge in [-0.3, -0.25) is 4.79 Å². The molecule has 3 heteroatoms. The van der Waals surface area contributed by atoms with Gasteiger partial charge in [-0.05, 0) is 18.1 Å². The molecule has 0 aliphatic rings. The number of ether oxygens (including phenoxy) is 2. The first-order valence-corrected chi connectivity index (χ1v) is 5.09. The molecule has 0 saturated heterocycles. The van der Waals surface area contributed by atoms with Crippen LogP contribution in [0.2, 0.25) is 0 Å². The highest BCUT2D eigenvalue weighted by Gasteiger charge is 2.11. The maximum absolute atomic E-state index is 11.2. The predicted molar refractivity (Wildman–Crippen MR) is 58.3 cm³/mol.